The summed E-state index contributed by atoms with van der Waals surface area (Å²) in [5.74, 6) is -0.0360. The van der Waals surface area contributed by atoms with Gasteiger partial charge in [-0.1, -0.05) is 30.3 Å². The second-order valence-electron chi connectivity index (χ2n) is 7.21. The molecule has 1 N–H and O–H groups in total. The number of likely N-dealkylation sites (tertiary alicyclic amines) is 1. The number of rotatable bonds is 3. The third kappa shape index (κ3) is 3.80. The van der Waals surface area contributed by atoms with Crippen LogP contribution in [-0.4, -0.2) is 39.0 Å². The molecule has 1 saturated heterocycles. The highest BCUT2D eigenvalue weighted by atomic mass is 16.3. The Balaban J connectivity index is 1.47. The topological polar surface area (TPSA) is 66.3 Å². The first kappa shape index (κ1) is 18.3. The first-order valence-electron chi connectivity index (χ1n) is 9.59. The molecule has 1 fully saturated rings. The molecule has 5 nitrogen and oxygen atoms in total. The van der Waals surface area contributed by atoms with Gasteiger partial charge in [0.2, 0.25) is 0 Å². The molecule has 1 aromatic carbocycles. The minimum absolute atomic E-state index is 0.0360. The summed E-state index contributed by atoms with van der Waals surface area (Å²) < 4.78 is 0. The Bertz CT molecular complexity index is 929. The lowest BCUT2D eigenvalue weighted by Gasteiger charge is -2.27. The Morgan fingerprint density at radius 3 is 2.46 bits per heavy atom. The van der Waals surface area contributed by atoms with Crippen LogP contribution in [0.25, 0.3) is 11.3 Å². The maximum atomic E-state index is 12.9. The molecule has 2 aromatic heterocycles. The zero-order valence-electron chi connectivity index (χ0n) is 15.7. The van der Waals surface area contributed by atoms with E-state index in [0.717, 1.165) is 23.2 Å². The predicted molar refractivity (Wildman–Crippen MR) is 108 cm³/mol. The van der Waals surface area contributed by atoms with Crippen LogP contribution in [-0.2, 0) is 5.60 Å². The fourth-order valence-corrected chi connectivity index (χ4v) is 3.76. The number of aromatic nitrogens is 2. The van der Waals surface area contributed by atoms with E-state index in [9.17, 15) is 9.90 Å². The molecule has 1 aliphatic heterocycles. The summed E-state index contributed by atoms with van der Waals surface area (Å²) in [6.07, 6.45) is 7.03. The lowest BCUT2D eigenvalue weighted by atomic mass is 9.87. The number of benzene rings is 1. The quantitative estimate of drug-likeness (QED) is 0.761. The molecule has 1 amide bonds. The second-order valence-corrected chi connectivity index (χ2v) is 7.21. The average molecular weight is 373 g/mol. The molecule has 142 valence electrons. The monoisotopic (exact) mass is 373 g/mol. The molecule has 0 radical (unpaired) electrons. The minimum Gasteiger partial charge on any atom is -0.385 e. The fourth-order valence-electron chi connectivity index (χ4n) is 3.76. The van der Waals surface area contributed by atoms with Crippen LogP contribution >= 0.6 is 0 Å². The zero-order valence-corrected chi connectivity index (χ0v) is 15.7. The van der Waals surface area contributed by atoms with Crippen molar-refractivity contribution in [1.29, 1.82) is 0 Å². The van der Waals surface area contributed by atoms with E-state index in [0.29, 0.717) is 31.5 Å². The highest BCUT2D eigenvalue weighted by Gasteiger charge is 2.33. The van der Waals surface area contributed by atoms with Crippen molar-refractivity contribution in [3.63, 3.8) is 0 Å². The van der Waals surface area contributed by atoms with Crippen LogP contribution in [0.3, 0.4) is 0 Å². The molecular formula is C23H23N3O2. The molecule has 5 heteroatoms. The highest BCUT2D eigenvalue weighted by Crippen LogP contribution is 2.33. The van der Waals surface area contributed by atoms with Crippen LogP contribution in [0.15, 0.2) is 73.2 Å². The zero-order chi connectivity index (χ0) is 19.4. The number of nitrogens with zero attached hydrogens (tertiary/aromatic N) is 3. The Kier molecular flexibility index (Phi) is 5.17. The van der Waals surface area contributed by atoms with Gasteiger partial charge in [-0.05, 0) is 49.1 Å². The summed E-state index contributed by atoms with van der Waals surface area (Å²) in [7, 11) is 0. The summed E-state index contributed by atoms with van der Waals surface area (Å²) in [5.41, 5.74) is 2.40. The van der Waals surface area contributed by atoms with Gasteiger partial charge in [-0.2, -0.15) is 0 Å². The molecule has 0 aliphatic carbocycles. The van der Waals surface area contributed by atoms with Crippen LogP contribution in [0.1, 0.15) is 35.2 Å². The standard InChI is InChI=1S/C23H23N3O2/c27-22(19-7-8-21(25-17-19)18-9-13-24-14-10-18)26-15-4-11-23(28,12-16-26)20-5-2-1-3-6-20/h1-3,5-10,13-14,17,28H,4,11-12,15-16H2. The second kappa shape index (κ2) is 7.90. The maximum absolute atomic E-state index is 12.9. The van der Waals surface area contributed by atoms with Crippen LogP contribution in [0.5, 0.6) is 0 Å². The van der Waals surface area contributed by atoms with Gasteiger partial charge < -0.3 is 10.0 Å². The van der Waals surface area contributed by atoms with Gasteiger partial charge in [0.05, 0.1) is 16.9 Å². The van der Waals surface area contributed by atoms with E-state index in [1.807, 2.05) is 59.5 Å². The lowest BCUT2D eigenvalue weighted by Crippen LogP contribution is -2.33. The van der Waals surface area contributed by atoms with E-state index in [-0.39, 0.29) is 5.91 Å². The van der Waals surface area contributed by atoms with Crippen molar-refractivity contribution in [2.45, 2.75) is 24.9 Å². The number of hydrogen-bond acceptors (Lipinski definition) is 4. The molecule has 1 unspecified atom stereocenters. The predicted octanol–water partition coefficient (Wildman–Crippen LogP) is 3.66. The van der Waals surface area contributed by atoms with Gasteiger partial charge >= 0.3 is 0 Å². The van der Waals surface area contributed by atoms with Crippen molar-refractivity contribution >= 4 is 5.91 Å². The van der Waals surface area contributed by atoms with E-state index < -0.39 is 5.60 Å². The normalized spacial score (nSPS) is 19.8. The van der Waals surface area contributed by atoms with Gasteiger partial charge in [0.1, 0.15) is 0 Å². The number of carbonyl (C=O) groups excluding carboxylic acids is 1. The van der Waals surface area contributed by atoms with E-state index in [1.165, 1.54) is 0 Å². The lowest BCUT2D eigenvalue weighted by molar-refractivity contribution is 0.0212. The summed E-state index contributed by atoms with van der Waals surface area (Å²) >= 11 is 0. The van der Waals surface area contributed by atoms with E-state index >= 15 is 0 Å². The highest BCUT2D eigenvalue weighted by molar-refractivity contribution is 5.94. The van der Waals surface area contributed by atoms with E-state index in [4.69, 9.17) is 0 Å². The molecule has 0 bridgehead atoms. The number of carbonyl (C=O) groups is 1. The average Bonchev–Trinajstić information content (AvgIpc) is 2.97. The third-order valence-corrected chi connectivity index (χ3v) is 5.40. The van der Waals surface area contributed by atoms with Crippen LogP contribution in [0, 0.1) is 0 Å². The van der Waals surface area contributed by atoms with Gasteiger partial charge in [0.15, 0.2) is 0 Å². The van der Waals surface area contributed by atoms with Crippen molar-refractivity contribution in [1.82, 2.24) is 14.9 Å². The van der Waals surface area contributed by atoms with Crippen molar-refractivity contribution in [2.24, 2.45) is 0 Å². The van der Waals surface area contributed by atoms with Crippen molar-refractivity contribution in [3.05, 3.63) is 84.3 Å². The largest absolute Gasteiger partial charge is 0.385 e. The molecular weight excluding hydrogens is 350 g/mol. The Morgan fingerprint density at radius 2 is 1.75 bits per heavy atom. The van der Waals surface area contributed by atoms with Gasteiger partial charge in [-0.3, -0.25) is 14.8 Å². The Hall–Kier alpha value is -3.05. The van der Waals surface area contributed by atoms with Gasteiger partial charge in [0, 0.05) is 37.2 Å². The maximum Gasteiger partial charge on any atom is 0.255 e. The number of amides is 1. The van der Waals surface area contributed by atoms with Crippen LogP contribution in [0.2, 0.25) is 0 Å². The van der Waals surface area contributed by atoms with Gasteiger partial charge in [0.25, 0.3) is 5.91 Å². The summed E-state index contributed by atoms with van der Waals surface area (Å²) in [6, 6.07) is 17.2. The molecule has 3 aromatic rings. The molecule has 0 spiro atoms. The van der Waals surface area contributed by atoms with E-state index in [2.05, 4.69) is 9.97 Å². The van der Waals surface area contributed by atoms with Crippen LogP contribution < -0.4 is 0 Å². The minimum atomic E-state index is -0.875. The van der Waals surface area contributed by atoms with Crippen molar-refractivity contribution in [3.8, 4) is 11.3 Å². The first-order chi connectivity index (χ1) is 13.7. The summed E-state index contributed by atoms with van der Waals surface area (Å²) in [5, 5.41) is 11.1. The van der Waals surface area contributed by atoms with Crippen molar-refractivity contribution < 1.29 is 9.90 Å². The van der Waals surface area contributed by atoms with Gasteiger partial charge in [-0.25, -0.2) is 0 Å². The van der Waals surface area contributed by atoms with Gasteiger partial charge in [-0.15, -0.1) is 0 Å². The third-order valence-electron chi connectivity index (χ3n) is 5.40. The molecule has 1 atom stereocenters. The SMILES string of the molecule is O=C(c1ccc(-c2ccncc2)nc1)N1CCCC(O)(c2ccccc2)CC1. The number of pyridine rings is 2. The smallest absolute Gasteiger partial charge is 0.255 e. The summed E-state index contributed by atoms with van der Waals surface area (Å²) in [6.45, 7) is 1.16. The Morgan fingerprint density at radius 1 is 0.964 bits per heavy atom. The van der Waals surface area contributed by atoms with Crippen LogP contribution in [0.4, 0.5) is 0 Å². The molecule has 3 heterocycles. The first-order valence-corrected chi connectivity index (χ1v) is 9.59. The molecule has 28 heavy (non-hydrogen) atoms. The fraction of sp³-hybridized carbons (Fsp3) is 0.261. The molecule has 0 saturated carbocycles. The molecule has 1 aliphatic rings. The van der Waals surface area contributed by atoms with Crippen molar-refractivity contribution in [2.75, 3.05) is 13.1 Å². The number of aliphatic hydroxyl groups is 1. The molecule has 4 rings (SSSR count). The van der Waals surface area contributed by atoms with E-state index in [1.54, 1.807) is 18.6 Å². The number of hydrogen-bond donors (Lipinski definition) is 1. The summed E-state index contributed by atoms with van der Waals surface area (Å²) in [4.78, 5) is 23.2. The Labute approximate surface area is 164 Å².